The van der Waals surface area contributed by atoms with Gasteiger partial charge in [-0.1, -0.05) is 473 Å². The van der Waals surface area contributed by atoms with Gasteiger partial charge in [-0.2, -0.15) is 0 Å². The predicted octanol–water partition coefficient (Wildman–Crippen LogP) is 36.9. The SMILES string of the molecule is c1ccc(-c2ccc(-c3c(N(c4ccc(-c5ccc(-c6ccc(-c7ccc(-c8cccc(-c9c(N(c%10ccc(-c%11cccc(-c%12ccccc%12)c%11)cc%10)c%10ccc%11c(c%10)C%10(c%12ccccc%12-c%12ccccc%12%10)c%10ccccc%10-%11)c%10ccccc%10c%10ccccc9%10)c8)cc7)cc6)cc5)cc4)c4ccc5c(c4)C4(c6ccccc6-c6ccccc64)c4ccccc4-5)c4ccccc4c4ccccc34)cc2)cc1. The Labute approximate surface area is 814 Å². The number of benzene rings is 24. The lowest BCUT2D eigenvalue weighted by molar-refractivity contribution is 0.793. The molecule has 0 N–H and O–H groups in total. The third-order valence-electron chi connectivity index (χ3n) is 30.7. The van der Waals surface area contributed by atoms with Crippen LogP contribution in [-0.4, -0.2) is 0 Å². The first-order valence-corrected chi connectivity index (χ1v) is 48.7. The molecule has 24 aromatic carbocycles. The number of nitrogens with zero attached hydrogens (tertiary/aromatic N) is 2. The molecule has 0 bridgehead atoms. The van der Waals surface area contributed by atoms with E-state index in [-0.39, 0.29) is 0 Å². The fourth-order valence-corrected chi connectivity index (χ4v) is 24.5. The normalized spacial score (nSPS) is 12.8. The van der Waals surface area contributed by atoms with Crippen LogP contribution in [0.3, 0.4) is 0 Å². The van der Waals surface area contributed by atoms with E-state index in [9.17, 15) is 0 Å². The quantitative estimate of drug-likeness (QED) is 0.0944. The number of hydrogen-bond donors (Lipinski definition) is 0. The second-order valence-electron chi connectivity index (χ2n) is 37.8. The summed E-state index contributed by atoms with van der Waals surface area (Å²) in [5.41, 5.74) is 47.1. The number of fused-ring (bicyclic) bond motifs is 26. The van der Waals surface area contributed by atoms with Gasteiger partial charge in [0.1, 0.15) is 0 Å². The highest BCUT2D eigenvalue weighted by Crippen LogP contribution is 2.67. The van der Waals surface area contributed by atoms with Gasteiger partial charge >= 0.3 is 0 Å². The summed E-state index contributed by atoms with van der Waals surface area (Å²) in [6.45, 7) is 0. The maximum atomic E-state index is 2.58. The lowest BCUT2D eigenvalue weighted by atomic mass is 9.70. The second kappa shape index (κ2) is 32.3. The molecule has 0 aromatic heterocycles. The van der Waals surface area contributed by atoms with Crippen LogP contribution in [0.5, 0.6) is 0 Å². The van der Waals surface area contributed by atoms with Crippen molar-refractivity contribution in [3.63, 3.8) is 0 Å². The standard InChI is InChI=1S/C138H88N2/c1-3-29-89(30-4-1)91-69-71-100(72-70-91)133-121-47-11-7-37-109(121)111-39-9-13-49-123(111)135(133)139(107-81-83-119-117-45-19-25-55-129(117)137(131(119)87-107)125-51-21-15-41-113(125)114-42-16-22-52-126(114)137)105-77-73-97(74-78-105)96-63-61-93(62-64-96)92-57-59-94(60-58-92)95-65-67-98(68-66-95)103-35-28-36-104(86-103)134-122-48-12-8-38-110(122)112-40-10-14-50-124(112)136(134)140(106-79-75-99(76-80-106)102-34-27-33-101(85-102)90-31-5-2-6-32-90)108-82-84-120-118-46-20-26-56-130(118)138(132(120)88-108)127-53-23-17-43-115(127)116-44-18-24-54-128(116)138/h1-88H. The third kappa shape index (κ3) is 12.4. The van der Waals surface area contributed by atoms with Gasteiger partial charge in [0.05, 0.1) is 22.2 Å². The van der Waals surface area contributed by atoms with E-state index in [4.69, 9.17) is 0 Å². The zero-order valence-electron chi connectivity index (χ0n) is 76.7. The smallest absolute Gasteiger partial charge is 0.0726 e. The average molecular weight is 1770 g/mol. The van der Waals surface area contributed by atoms with Crippen molar-refractivity contribution in [2.24, 2.45) is 0 Å². The van der Waals surface area contributed by atoms with Crippen LogP contribution in [0.4, 0.5) is 34.1 Å². The highest BCUT2D eigenvalue weighted by molar-refractivity contribution is 6.25. The average Bonchev–Trinajstić information content (AvgIpc) is 1.51. The van der Waals surface area contributed by atoms with Gasteiger partial charge in [0.15, 0.2) is 0 Å². The fourth-order valence-electron chi connectivity index (χ4n) is 24.5. The Bertz CT molecular complexity index is 9000. The molecule has 0 radical (unpaired) electrons. The molecular weight excluding hydrogens is 1690 g/mol. The summed E-state index contributed by atoms with van der Waals surface area (Å²) in [5.74, 6) is 0. The molecule has 0 amide bonds. The number of hydrogen-bond acceptors (Lipinski definition) is 2. The molecule has 0 unspecified atom stereocenters. The Morgan fingerprint density at radius 1 is 0.114 bits per heavy atom. The van der Waals surface area contributed by atoms with Gasteiger partial charge in [0.2, 0.25) is 0 Å². The van der Waals surface area contributed by atoms with Crippen LogP contribution >= 0.6 is 0 Å². The van der Waals surface area contributed by atoms with Gasteiger partial charge in [0, 0.05) is 44.6 Å². The third-order valence-corrected chi connectivity index (χ3v) is 30.7. The van der Waals surface area contributed by atoms with Crippen molar-refractivity contribution in [1.29, 1.82) is 0 Å². The Balaban J connectivity index is 0.518. The summed E-state index contributed by atoms with van der Waals surface area (Å²) < 4.78 is 0. The molecule has 650 valence electrons. The molecule has 2 spiro atoms. The summed E-state index contributed by atoms with van der Waals surface area (Å²) in [7, 11) is 0. The van der Waals surface area contributed by atoms with Crippen LogP contribution in [0.2, 0.25) is 0 Å². The van der Waals surface area contributed by atoms with Crippen LogP contribution in [0.1, 0.15) is 44.5 Å². The fraction of sp³-hybridized carbons (Fsp3) is 0.0145. The minimum Gasteiger partial charge on any atom is -0.309 e. The molecule has 2 nitrogen and oxygen atoms in total. The van der Waals surface area contributed by atoms with E-state index in [0.717, 1.165) is 106 Å². The summed E-state index contributed by atoms with van der Waals surface area (Å²) in [5, 5.41) is 9.55. The molecule has 0 saturated carbocycles. The Morgan fingerprint density at radius 2 is 0.314 bits per heavy atom. The lowest BCUT2D eigenvalue weighted by Gasteiger charge is -2.33. The molecule has 4 aliphatic rings. The van der Waals surface area contributed by atoms with Crippen LogP contribution in [0, 0.1) is 0 Å². The van der Waals surface area contributed by atoms with Crippen LogP contribution in [0.25, 0.3) is 188 Å². The van der Waals surface area contributed by atoms with Crippen molar-refractivity contribution in [1.82, 2.24) is 0 Å². The molecule has 0 aliphatic heterocycles. The van der Waals surface area contributed by atoms with Crippen molar-refractivity contribution < 1.29 is 0 Å². The van der Waals surface area contributed by atoms with Gasteiger partial charge in [-0.3, -0.25) is 0 Å². The predicted molar refractivity (Wildman–Crippen MR) is 587 cm³/mol. The molecule has 24 aromatic rings. The highest BCUT2D eigenvalue weighted by Gasteiger charge is 2.54. The van der Waals surface area contributed by atoms with E-state index in [1.165, 1.54) is 160 Å². The summed E-state index contributed by atoms with van der Waals surface area (Å²) in [6.07, 6.45) is 0. The maximum Gasteiger partial charge on any atom is 0.0726 e. The molecule has 140 heavy (non-hydrogen) atoms. The Hall–Kier alpha value is -18.1. The lowest BCUT2D eigenvalue weighted by Crippen LogP contribution is -2.26. The van der Waals surface area contributed by atoms with Gasteiger partial charge < -0.3 is 9.80 Å². The Morgan fingerprint density at radius 3 is 0.636 bits per heavy atom. The van der Waals surface area contributed by atoms with Gasteiger partial charge in [-0.05, 0) is 271 Å². The van der Waals surface area contributed by atoms with Gasteiger partial charge in [-0.25, -0.2) is 0 Å². The van der Waals surface area contributed by atoms with E-state index in [1.807, 2.05) is 0 Å². The minimum absolute atomic E-state index is 0.541. The first-order valence-electron chi connectivity index (χ1n) is 48.7. The van der Waals surface area contributed by atoms with Crippen LogP contribution in [0.15, 0.2) is 534 Å². The van der Waals surface area contributed by atoms with E-state index < -0.39 is 10.8 Å². The number of anilines is 6. The topological polar surface area (TPSA) is 6.48 Å². The minimum atomic E-state index is -0.553. The first-order chi connectivity index (χ1) is 69.4. The zero-order valence-corrected chi connectivity index (χ0v) is 76.7. The molecule has 0 heterocycles. The first kappa shape index (κ1) is 80.4. The van der Waals surface area contributed by atoms with E-state index >= 15 is 0 Å². The molecule has 0 fully saturated rings. The highest BCUT2D eigenvalue weighted by atomic mass is 15.2. The summed E-state index contributed by atoms with van der Waals surface area (Å²) in [6, 6.07) is 201. The molecule has 4 aliphatic carbocycles. The molecule has 28 rings (SSSR count). The van der Waals surface area contributed by atoms with Gasteiger partial charge in [0.25, 0.3) is 0 Å². The second-order valence-corrected chi connectivity index (χ2v) is 37.8. The van der Waals surface area contributed by atoms with Gasteiger partial charge in [-0.15, -0.1) is 0 Å². The van der Waals surface area contributed by atoms with Crippen molar-refractivity contribution in [2.45, 2.75) is 10.8 Å². The van der Waals surface area contributed by atoms with Crippen molar-refractivity contribution in [2.75, 3.05) is 9.80 Å². The van der Waals surface area contributed by atoms with Crippen LogP contribution in [-0.2, 0) is 10.8 Å². The maximum absolute atomic E-state index is 2.58. The molecule has 0 saturated heterocycles. The summed E-state index contributed by atoms with van der Waals surface area (Å²) >= 11 is 0. The molecule has 2 heteroatoms. The van der Waals surface area contributed by atoms with Crippen LogP contribution < -0.4 is 9.80 Å². The van der Waals surface area contributed by atoms with E-state index in [0.29, 0.717) is 0 Å². The molecule has 0 atom stereocenters. The summed E-state index contributed by atoms with van der Waals surface area (Å²) in [4.78, 5) is 5.16. The van der Waals surface area contributed by atoms with E-state index in [1.54, 1.807) is 0 Å². The van der Waals surface area contributed by atoms with Crippen molar-refractivity contribution >= 4 is 77.2 Å². The number of rotatable bonds is 15. The zero-order chi connectivity index (χ0) is 92.1. The van der Waals surface area contributed by atoms with Crippen molar-refractivity contribution in [3.8, 4) is 145 Å². The Kier molecular flexibility index (Phi) is 18.6. The molecular formula is C138H88N2. The van der Waals surface area contributed by atoms with Crippen molar-refractivity contribution in [3.05, 3.63) is 578 Å². The van der Waals surface area contributed by atoms with E-state index in [2.05, 4.69) is 544 Å². The monoisotopic (exact) mass is 1770 g/mol. The largest absolute Gasteiger partial charge is 0.309 e.